The van der Waals surface area contributed by atoms with Gasteiger partial charge < -0.3 is 20.1 Å². The molecule has 3 N–H and O–H groups in total. The van der Waals surface area contributed by atoms with Crippen LogP contribution in [0, 0.1) is 11.8 Å². The molecule has 0 amide bonds. The van der Waals surface area contributed by atoms with Crippen molar-refractivity contribution in [3.8, 4) is 0 Å². The maximum Gasteiger partial charge on any atom is 0.106 e. The van der Waals surface area contributed by atoms with Crippen LogP contribution in [0.2, 0.25) is 0 Å². The van der Waals surface area contributed by atoms with Gasteiger partial charge in [0.05, 0.1) is 22.9 Å². The quantitative estimate of drug-likeness (QED) is 0.0623. The SMILES string of the molecule is CC(C)=CC[C@H]([C@H]1O[C@@H]1/C(C)=C/C=C/C(C)=C/C=C/C(C)=C/C=C/C=C(C)/C=C/C=C(C)/C=C/C=C(C)\C=C\[C@H](CCC(C)(C)O)C(C)(C)O)C(C)(C)O. The van der Waals surface area contributed by atoms with Gasteiger partial charge in [0.1, 0.15) is 6.10 Å². The molecule has 0 aromatic carbocycles. The van der Waals surface area contributed by atoms with Crippen molar-refractivity contribution in [2.45, 2.75) is 145 Å². The first-order chi connectivity index (χ1) is 25.0. The van der Waals surface area contributed by atoms with Gasteiger partial charge >= 0.3 is 0 Å². The molecule has 1 aliphatic heterocycles. The highest BCUT2D eigenvalue weighted by molar-refractivity contribution is 5.33. The number of hydrogen-bond acceptors (Lipinski definition) is 4. The zero-order chi connectivity index (χ0) is 41.1. The van der Waals surface area contributed by atoms with Gasteiger partial charge in [0.25, 0.3) is 0 Å². The fourth-order valence-corrected chi connectivity index (χ4v) is 5.64. The Hall–Kier alpha value is -3.54. The second kappa shape index (κ2) is 23.4. The lowest BCUT2D eigenvalue weighted by atomic mass is 9.83. The van der Waals surface area contributed by atoms with Crippen LogP contribution >= 0.6 is 0 Å². The maximum absolute atomic E-state index is 10.7. The van der Waals surface area contributed by atoms with Crippen LogP contribution in [0.25, 0.3) is 0 Å². The van der Waals surface area contributed by atoms with E-state index in [0.29, 0.717) is 6.42 Å². The number of ether oxygens (including phenoxy) is 1. The van der Waals surface area contributed by atoms with Crippen LogP contribution in [0.5, 0.6) is 0 Å². The average molecular weight is 739 g/mol. The van der Waals surface area contributed by atoms with Gasteiger partial charge in [-0.15, -0.1) is 0 Å². The molecule has 0 unspecified atom stereocenters. The lowest BCUT2D eigenvalue weighted by Gasteiger charge is -2.29. The zero-order valence-electron chi connectivity index (χ0n) is 36.2. The molecule has 0 radical (unpaired) electrons. The smallest absolute Gasteiger partial charge is 0.106 e. The van der Waals surface area contributed by atoms with Crippen molar-refractivity contribution >= 4 is 0 Å². The molecule has 1 saturated heterocycles. The Morgan fingerprint density at radius 1 is 0.556 bits per heavy atom. The predicted molar refractivity (Wildman–Crippen MR) is 235 cm³/mol. The van der Waals surface area contributed by atoms with E-state index in [9.17, 15) is 15.3 Å². The summed E-state index contributed by atoms with van der Waals surface area (Å²) in [6.45, 7) is 27.7. The molecule has 298 valence electrons. The molecule has 0 aliphatic carbocycles. The molecule has 54 heavy (non-hydrogen) atoms. The first-order valence-electron chi connectivity index (χ1n) is 19.6. The summed E-state index contributed by atoms with van der Waals surface area (Å²) < 4.78 is 6.02. The lowest BCUT2D eigenvalue weighted by Crippen LogP contribution is -2.35. The van der Waals surface area contributed by atoms with Crippen LogP contribution in [0.1, 0.15) is 116 Å². The van der Waals surface area contributed by atoms with Crippen molar-refractivity contribution in [1.82, 2.24) is 0 Å². The van der Waals surface area contributed by atoms with Gasteiger partial charge in [-0.05, 0) is 122 Å². The molecular formula is C50H74O4. The second-order valence-electron chi connectivity index (χ2n) is 17.1. The molecule has 0 aromatic rings. The van der Waals surface area contributed by atoms with Gasteiger partial charge in [-0.2, -0.15) is 0 Å². The highest BCUT2D eigenvalue weighted by Gasteiger charge is 2.49. The van der Waals surface area contributed by atoms with E-state index < -0.39 is 16.8 Å². The third-order valence-electron chi connectivity index (χ3n) is 9.33. The summed E-state index contributed by atoms with van der Waals surface area (Å²) in [5.74, 6) is 0.0308. The third-order valence-corrected chi connectivity index (χ3v) is 9.33. The van der Waals surface area contributed by atoms with Crippen molar-refractivity contribution in [1.29, 1.82) is 0 Å². The average Bonchev–Trinajstić information content (AvgIpc) is 3.81. The minimum atomic E-state index is -0.846. The number of aliphatic hydroxyl groups is 3. The van der Waals surface area contributed by atoms with Crippen LogP contribution in [-0.2, 0) is 4.74 Å². The number of epoxide rings is 1. The van der Waals surface area contributed by atoms with Crippen LogP contribution in [-0.4, -0.2) is 44.3 Å². The Morgan fingerprint density at radius 3 is 1.35 bits per heavy atom. The lowest BCUT2D eigenvalue weighted by molar-refractivity contribution is 0.00579. The van der Waals surface area contributed by atoms with Crippen LogP contribution in [0.4, 0.5) is 0 Å². The summed E-state index contributed by atoms with van der Waals surface area (Å²) in [5, 5.41) is 31.4. The topological polar surface area (TPSA) is 73.2 Å². The largest absolute Gasteiger partial charge is 0.390 e. The van der Waals surface area contributed by atoms with Gasteiger partial charge in [-0.25, -0.2) is 0 Å². The molecule has 4 atom stereocenters. The van der Waals surface area contributed by atoms with E-state index >= 15 is 0 Å². The molecule has 0 aromatic heterocycles. The van der Waals surface area contributed by atoms with E-state index in [1.165, 1.54) is 11.1 Å². The van der Waals surface area contributed by atoms with E-state index in [-0.39, 0.29) is 24.0 Å². The predicted octanol–water partition coefficient (Wildman–Crippen LogP) is 12.5. The molecule has 4 nitrogen and oxygen atoms in total. The Morgan fingerprint density at radius 2 is 0.963 bits per heavy atom. The van der Waals surface area contributed by atoms with Gasteiger partial charge in [0.2, 0.25) is 0 Å². The highest BCUT2D eigenvalue weighted by Crippen LogP contribution is 2.41. The Bertz CT molecular complexity index is 1580. The third kappa shape index (κ3) is 22.6. The summed E-state index contributed by atoms with van der Waals surface area (Å²) in [4.78, 5) is 0. The standard InChI is InChI=1S/C50H74O4/c1-37(2)31-34-45(50(13,14)53)47-46(54-47)43(8)30-20-29-41(6)26-18-24-39(4)22-16-15-21-38(3)23-17-25-40(5)27-19-28-42(7)32-33-44(49(11,12)52)35-36-48(9,10)51/h15-33,44-47,51-53H,34-36H2,1-14H3/b16-15+,23-17+,24-18+,27-19+,29-20+,33-32+,38-21+,39-22+,40-25+,41-26+,42-28-,43-30+/t44-,45-,46-,47-/m1/s1. The van der Waals surface area contributed by atoms with E-state index in [2.05, 4.69) is 152 Å². The fraction of sp³-hybridized carbons (Fsp3) is 0.480. The minimum absolute atomic E-state index is 0.0359. The highest BCUT2D eigenvalue weighted by atomic mass is 16.6. The number of allylic oxidation sites excluding steroid dienone is 24. The zero-order valence-corrected chi connectivity index (χ0v) is 36.2. The van der Waals surface area contributed by atoms with Gasteiger partial charge in [-0.3, -0.25) is 0 Å². The van der Waals surface area contributed by atoms with E-state index in [1.54, 1.807) is 13.8 Å². The maximum atomic E-state index is 10.7. The van der Waals surface area contributed by atoms with Gasteiger partial charge in [0, 0.05) is 11.8 Å². The molecule has 1 rings (SSSR count). The molecule has 0 saturated carbocycles. The fourth-order valence-electron chi connectivity index (χ4n) is 5.64. The Labute approximate surface area is 330 Å². The molecule has 0 spiro atoms. The number of hydrogen-bond donors (Lipinski definition) is 3. The van der Waals surface area contributed by atoms with E-state index in [4.69, 9.17) is 4.74 Å². The Kier molecular flexibility index (Phi) is 21.0. The summed E-state index contributed by atoms with van der Waals surface area (Å²) in [7, 11) is 0. The van der Waals surface area contributed by atoms with Crippen LogP contribution in [0.15, 0.2) is 154 Å². The molecular weight excluding hydrogens is 665 g/mol. The molecule has 1 fully saturated rings. The van der Waals surface area contributed by atoms with Gasteiger partial charge in [0.15, 0.2) is 0 Å². The summed E-state index contributed by atoms with van der Waals surface area (Å²) in [5.41, 5.74) is 5.79. The molecule has 1 aliphatic rings. The molecule has 0 bridgehead atoms. The first kappa shape index (κ1) is 48.5. The van der Waals surface area contributed by atoms with Crippen molar-refractivity contribution in [3.63, 3.8) is 0 Å². The van der Waals surface area contributed by atoms with Gasteiger partial charge in [-0.1, -0.05) is 149 Å². The van der Waals surface area contributed by atoms with E-state index in [1.807, 2.05) is 46.8 Å². The summed E-state index contributed by atoms with van der Waals surface area (Å²) in [6, 6.07) is 0. The van der Waals surface area contributed by atoms with E-state index in [0.717, 1.165) is 40.7 Å². The van der Waals surface area contributed by atoms with Crippen LogP contribution in [0.3, 0.4) is 0 Å². The Balaban J connectivity index is 2.64. The molecule has 4 heteroatoms. The second-order valence-corrected chi connectivity index (χ2v) is 17.1. The van der Waals surface area contributed by atoms with Crippen molar-refractivity contribution in [2.75, 3.05) is 0 Å². The summed E-state index contributed by atoms with van der Waals surface area (Å²) in [6.07, 6.45) is 41.9. The molecule has 1 heterocycles. The van der Waals surface area contributed by atoms with Crippen molar-refractivity contribution in [2.24, 2.45) is 11.8 Å². The van der Waals surface area contributed by atoms with Crippen molar-refractivity contribution < 1.29 is 20.1 Å². The summed E-state index contributed by atoms with van der Waals surface area (Å²) >= 11 is 0. The normalized spacial score (nSPS) is 20.5. The van der Waals surface area contributed by atoms with Crippen LogP contribution < -0.4 is 0 Å². The first-order valence-corrected chi connectivity index (χ1v) is 19.6. The minimum Gasteiger partial charge on any atom is -0.390 e. The monoisotopic (exact) mass is 739 g/mol. The van der Waals surface area contributed by atoms with Crippen molar-refractivity contribution in [3.05, 3.63) is 154 Å². The number of rotatable bonds is 21.